The van der Waals surface area contributed by atoms with Crippen molar-refractivity contribution in [2.45, 2.75) is 58.3 Å². The normalized spacial score (nSPS) is 10.9. The van der Waals surface area contributed by atoms with Gasteiger partial charge in [0.2, 0.25) is 0 Å². The van der Waals surface area contributed by atoms with Gasteiger partial charge in [-0.25, -0.2) is 14.0 Å². The zero-order valence-electron chi connectivity index (χ0n) is 17.7. The van der Waals surface area contributed by atoms with Crippen LogP contribution in [0.1, 0.15) is 68.6 Å². The van der Waals surface area contributed by atoms with Crippen molar-refractivity contribution in [2.75, 3.05) is 0 Å². The van der Waals surface area contributed by atoms with Gasteiger partial charge in [-0.2, -0.15) is 0 Å². The number of allylic oxidation sites excluding steroid dienone is 1. The highest BCUT2D eigenvalue weighted by Gasteiger charge is 2.11. The Kier molecular flexibility index (Phi) is 10.8. The molecule has 0 bridgehead atoms. The van der Waals surface area contributed by atoms with E-state index in [1.54, 1.807) is 0 Å². The fourth-order valence-electron chi connectivity index (χ4n) is 2.91. The largest absolute Gasteiger partial charge is 0.423 e. The molecule has 0 aliphatic heterocycles. The van der Waals surface area contributed by atoms with Gasteiger partial charge in [-0.05, 0) is 49.2 Å². The maximum Gasteiger partial charge on any atom is 0.343 e. The van der Waals surface area contributed by atoms with E-state index in [0.717, 1.165) is 18.9 Å². The molecule has 0 saturated heterocycles. The highest BCUT2D eigenvalue weighted by Crippen LogP contribution is 2.22. The number of benzene rings is 2. The number of hydrogen-bond acceptors (Lipinski definition) is 4. The fraction of sp³-hybridized carbons (Fsp3) is 0.360. The number of unbranched alkanes of at least 4 members (excludes halogenated alkanes) is 7. The van der Waals surface area contributed by atoms with Crippen molar-refractivity contribution in [3.63, 3.8) is 0 Å². The van der Waals surface area contributed by atoms with Gasteiger partial charge >= 0.3 is 11.9 Å². The number of carbonyl (C=O) groups excluding carboxylic acids is 2. The third-order valence-electron chi connectivity index (χ3n) is 4.64. The molecule has 166 valence electrons. The quantitative estimate of drug-likeness (QED) is 0.148. The van der Waals surface area contributed by atoms with Crippen LogP contribution < -0.4 is 9.47 Å². The van der Waals surface area contributed by atoms with Crippen molar-refractivity contribution < 1.29 is 23.5 Å². The molecule has 31 heavy (non-hydrogen) atoms. The molecule has 0 amide bonds. The Balaban J connectivity index is 1.72. The summed E-state index contributed by atoms with van der Waals surface area (Å²) in [7, 11) is 0. The molecule has 0 saturated carbocycles. The number of ether oxygens (including phenoxy) is 2. The molecule has 0 spiro atoms. The monoisotopic (exact) mass is 446 g/mol. The second-order valence-corrected chi connectivity index (χ2v) is 7.63. The summed E-state index contributed by atoms with van der Waals surface area (Å²) < 4.78 is 23.8. The van der Waals surface area contributed by atoms with E-state index >= 15 is 0 Å². The molecule has 0 atom stereocenters. The van der Waals surface area contributed by atoms with Crippen LogP contribution in [-0.4, -0.2) is 11.9 Å². The van der Waals surface area contributed by atoms with Crippen LogP contribution in [0.4, 0.5) is 4.39 Å². The molecular weight excluding hydrogens is 419 g/mol. The molecule has 0 unspecified atom stereocenters. The first-order chi connectivity index (χ1) is 15.0. The van der Waals surface area contributed by atoms with Crippen LogP contribution in [0.25, 0.3) is 0 Å². The molecule has 2 rings (SSSR count). The molecule has 6 heteroatoms. The SMILES string of the molecule is CCCCCCCCCC=CC(=O)Oc1ccc(C(=O)Oc2ccc(Cl)c(F)c2)cc1. The molecule has 0 fully saturated rings. The van der Waals surface area contributed by atoms with Gasteiger partial charge in [-0.3, -0.25) is 0 Å². The van der Waals surface area contributed by atoms with Gasteiger partial charge in [0.05, 0.1) is 10.6 Å². The molecule has 2 aromatic carbocycles. The van der Waals surface area contributed by atoms with Gasteiger partial charge in [0.25, 0.3) is 0 Å². The van der Waals surface area contributed by atoms with Crippen LogP contribution in [0.2, 0.25) is 5.02 Å². The second-order valence-electron chi connectivity index (χ2n) is 7.22. The van der Waals surface area contributed by atoms with E-state index in [0.29, 0.717) is 5.75 Å². The first-order valence-electron chi connectivity index (χ1n) is 10.6. The van der Waals surface area contributed by atoms with Gasteiger partial charge in [0, 0.05) is 12.1 Å². The molecule has 0 aliphatic rings. The first kappa shape index (κ1) is 24.6. The van der Waals surface area contributed by atoms with E-state index in [1.807, 2.05) is 6.08 Å². The van der Waals surface area contributed by atoms with Gasteiger partial charge in [0.1, 0.15) is 17.3 Å². The van der Waals surface area contributed by atoms with Crippen molar-refractivity contribution >= 4 is 23.5 Å². The molecule has 0 N–H and O–H groups in total. The summed E-state index contributed by atoms with van der Waals surface area (Å²) >= 11 is 5.61. The average Bonchev–Trinajstić information content (AvgIpc) is 2.75. The predicted octanol–water partition coefficient (Wildman–Crippen LogP) is 7.30. The smallest absolute Gasteiger partial charge is 0.343 e. The lowest BCUT2D eigenvalue weighted by molar-refractivity contribution is -0.129. The van der Waals surface area contributed by atoms with Crippen LogP contribution in [-0.2, 0) is 4.79 Å². The fourth-order valence-corrected chi connectivity index (χ4v) is 3.03. The summed E-state index contributed by atoms with van der Waals surface area (Å²) in [5, 5.41) is -0.0533. The van der Waals surface area contributed by atoms with E-state index in [-0.39, 0.29) is 16.3 Å². The Morgan fingerprint density at radius 1 is 0.903 bits per heavy atom. The minimum absolute atomic E-state index is 0.0495. The van der Waals surface area contributed by atoms with Gasteiger partial charge in [-0.1, -0.05) is 63.1 Å². The topological polar surface area (TPSA) is 52.6 Å². The maximum absolute atomic E-state index is 13.4. The molecular formula is C25H28ClFO4. The van der Waals surface area contributed by atoms with Crippen LogP contribution in [0.3, 0.4) is 0 Å². The Morgan fingerprint density at radius 2 is 1.55 bits per heavy atom. The van der Waals surface area contributed by atoms with Gasteiger partial charge in [-0.15, -0.1) is 0 Å². The Bertz CT molecular complexity index is 878. The summed E-state index contributed by atoms with van der Waals surface area (Å²) in [4.78, 5) is 24.0. The summed E-state index contributed by atoms with van der Waals surface area (Å²) in [6.07, 6.45) is 12.7. The zero-order valence-corrected chi connectivity index (χ0v) is 18.5. The number of carbonyl (C=O) groups is 2. The summed E-state index contributed by atoms with van der Waals surface area (Å²) in [5.41, 5.74) is 0.240. The van der Waals surface area contributed by atoms with Crippen molar-refractivity contribution in [3.05, 3.63) is 71.0 Å². The van der Waals surface area contributed by atoms with E-state index in [4.69, 9.17) is 21.1 Å². The van der Waals surface area contributed by atoms with Crippen molar-refractivity contribution in [1.82, 2.24) is 0 Å². The van der Waals surface area contributed by atoms with E-state index in [1.165, 1.54) is 81.0 Å². The standard InChI is InChI=1S/C25H28ClFO4/c1-2-3-4-5-6-7-8-9-10-11-24(28)30-20-14-12-19(13-15-20)25(29)31-21-16-17-22(26)23(27)18-21/h10-18H,2-9H2,1H3. The lowest BCUT2D eigenvalue weighted by Crippen LogP contribution is -2.09. The Morgan fingerprint density at radius 3 is 2.23 bits per heavy atom. The highest BCUT2D eigenvalue weighted by molar-refractivity contribution is 6.30. The number of rotatable bonds is 12. The lowest BCUT2D eigenvalue weighted by atomic mass is 10.1. The molecule has 0 heterocycles. The van der Waals surface area contributed by atoms with Crippen LogP contribution >= 0.6 is 11.6 Å². The summed E-state index contributed by atoms with van der Waals surface area (Å²) in [6, 6.07) is 9.69. The minimum atomic E-state index is -0.672. The Hall–Kier alpha value is -2.66. The summed E-state index contributed by atoms with van der Waals surface area (Å²) in [6.45, 7) is 2.21. The average molecular weight is 447 g/mol. The zero-order chi connectivity index (χ0) is 22.5. The van der Waals surface area contributed by atoms with Gasteiger partial charge in [0.15, 0.2) is 0 Å². The molecule has 0 aromatic heterocycles. The summed E-state index contributed by atoms with van der Waals surface area (Å²) in [5.74, 6) is -1.42. The molecule has 2 aromatic rings. The number of hydrogen-bond donors (Lipinski definition) is 0. The van der Waals surface area contributed by atoms with E-state index in [9.17, 15) is 14.0 Å². The Labute approximate surface area is 188 Å². The van der Waals surface area contributed by atoms with E-state index < -0.39 is 17.8 Å². The number of esters is 2. The van der Waals surface area contributed by atoms with Crippen molar-refractivity contribution in [2.24, 2.45) is 0 Å². The van der Waals surface area contributed by atoms with Gasteiger partial charge < -0.3 is 9.47 Å². The third-order valence-corrected chi connectivity index (χ3v) is 4.94. The van der Waals surface area contributed by atoms with Crippen molar-refractivity contribution in [3.8, 4) is 11.5 Å². The van der Waals surface area contributed by atoms with Crippen LogP contribution in [0, 0.1) is 5.82 Å². The molecule has 0 radical (unpaired) electrons. The molecule has 0 aliphatic carbocycles. The second kappa shape index (κ2) is 13.6. The van der Waals surface area contributed by atoms with Crippen LogP contribution in [0.15, 0.2) is 54.6 Å². The third kappa shape index (κ3) is 9.35. The minimum Gasteiger partial charge on any atom is -0.423 e. The number of halogens is 2. The maximum atomic E-state index is 13.4. The predicted molar refractivity (Wildman–Crippen MR) is 120 cm³/mol. The molecule has 4 nitrogen and oxygen atoms in total. The highest BCUT2D eigenvalue weighted by atomic mass is 35.5. The van der Waals surface area contributed by atoms with Crippen LogP contribution in [0.5, 0.6) is 11.5 Å². The first-order valence-corrected chi connectivity index (χ1v) is 11.0. The van der Waals surface area contributed by atoms with E-state index in [2.05, 4.69) is 6.92 Å². The lowest BCUT2D eigenvalue weighted by Gasteiger charge is -2.06. The van der Waals surface area contributed by atoms with Crippen molar-refractivity contribution in [1.29, 1.82) is 0 Å².